The SMILES string of the molecule is COc1ccc(C)cc1-c1csc2cnc(N)n12. The number of nitrogens with two attached hydrogens (primary N) is 1. The fourth-order valence-corrected chi connectivity index (χ4v) is 2.93. The number of anilines is 1. The van der Waals surface area contributed by atoms with E-state index in [1.54, 1.807) is 24.6 Å². The van der Waals surface area contributed by atoms with Crippen molar-refractivity contribution >= 4 is 22.1 Å². The Bertz CT molecular complexity index is 714. The van der Waals surface area contributed by atoms with Crippen molar-refractivity contribution in [1.82, 2.24) is 9.38 Å². The predicted molar refractivity (Wildman–Crippen MR) is 74.2 cm³/mol. The quantitative estimate of drug-likeness (QED) is 0.769. The van der Waals surface area contributed by atoms with Crippen LogP contribution in [-0.2, 0) is 0 Å². The molecule has 0 saturated heterocycles. The van der Waals surface area contributed by atoms with Crippen LogP contribution >= 0.6 is 11.3 Å². The third-order valence-electron chi connectivity index (χ3n) is 2.92. The maximum atomic E-state index is 5.91. The average Bonchev–Trinajstić information content (AvgIpc) is 2.93. The van der Waals surface area contributed by atoms with Crippen molar-refractivity contribution in [2.75, 3.05) is 12.8 Å². The van der Waals surface area contributed by atoms with Crippen molar-refractivity contribution in [1.29, 1.82) is 0 Å². The molecule has 2 aromatic heterocycles. The fourth-order valence-electron chi connectivity index (χ4n) is 2.05. The molecule has 0 spiro atoms. The highest BCUT2D eigenvalue weighted by Crippen LogP contribution is 2.35. The molecule has 0 saturated carbocycles. The first kappa shape index (κ1) is 11.1. The molecular formula is C13H13N3OS. The van der Waals surface area contributed by atoms with E-state index in [-0.39, 0.29) is 0 Å². The first-order valence-corrected chi connectivity index (χ1v) is 6.44. The van der Waals surface area contributed by atoms with Crippen LogP contribution in [0.25, 0.3) is 16.1 Å². The van der Waals surface area contributed by atoms with Crippen LogP contribution < -0.4 is 10.5 Å². The molecule has 0 fully saturated rings. The first-order chi connectivity index (χ1) is 8.70. The van der Waals surface area contributed by atoms with E-state index in [1.165, 1.54) is 5.56 Å². The topological polar surface area (TPSA) is 52.5 Å². The number of aromatic nitrogens is 2. The number of ether oxygens (including phenoxy) is 1. The van der Waals surface area contributed by atoms with Gasteiger partial charge in [0.25, 0.3) is 0 Å². The zero-order chi connectivity index (χ0) is 12.7. The van der Waals surface area contributed by atoms with Gasteiger partial charge in [0.05, 0.1) is 19.0 Å². The van der Waals surface area contributed by atoms with Crippen LogP contribution in [0.1, 0.15) is 5.56 Å². The van der Waals surface area contributed by atoms with Gasteiger partial charge >= 0.3 is 0 Å². The van der Waals surface area contributed by atoms with Crippen molar-refractivity contribution < 1.29 is 4.74 Å². The zero-order valence-electron chi connectivity index (χ0n) is 10.2. The molecule has 0 aliphatic carbocycles. The highest BCUT2D eigenvalue weighted by Gasteiger charge is 2.13. The van der Waals surface area contributed by atoms with E-state index in [0.717, 1.165) is 21.8 Å². The Morgan fingerprint density at radius 1 is 1.39 bits per heavy atom. The molecule has 0 aliphatic heterocycles. The van der Waals surface area contributed by atoms with Gasteiger partial charge < -0.3 is 10.5 Å². The van der Waals surface area contributed by atoms with Crippen molar-refractivity contribution in [2.45, 2.75) is 6.92 Å². The molecule has 92 valence electrons. The molecule has 0 unspecified atom stereocenters. The van der Waals surface area contributed by atoms with E-state index in [0.29, 0.717) is 5.95 Å². The summed E-state index contributed by atoms with van der Waals surface area (Å²) in [5.41, 5.74) is 9.14. The van der Waals surface area contributed by atoms with Gasteiger partial charge in [0.2, 0.25) is 5.95 Å². The van der Waals surface area contributed by atoms with E-state index < -0.39 is 0 Å². The molecule has 2 heterocycles. The maximum absolute atomic E-state index is 5.91. The van der Waals surface area contributed by atoms with Crippen molar-refractivity contribution in [2.24, 2.45) is 0 Å². The van der Waals surface area contributed by atoms with Crippen LogP contribution in [0.4, 0.5) is 5.95 Å². The smallest absolute Gasteiger partial charge is 0.206 e. The first-order valence-electron chi connectivity index (χ1n) is 5.56. The van der Waals surface area contributed by atoms with Gasteiger partial charge in [-0.05, 0) is 19.1 Å². The number of aryl methyl sites for hydroxylation is 1. The van der Waals surface area contributed by atoms with Gasteiger partial charge in [-0.2, -0.15) is 0 Å². The Morgan fingerprint density at radius 3 is 3.00 bits per heavy atom. The van der Waals surface area contributed by atoms with Gasteiger partial charge in [0, 0.05) is 10.9 Å². The third-order valence-corrected chi connectivity index (χ3v) is 3.79. The van der Waals surface area contributed by atoms with Gasteiger partial charge in [-0.1, -0.05) is 11.6 Å². The number of nitrogen functional groups attached to an aromatic ring is 1. The Labute approximate surface area is 109 Å². The minimum Gasteiger partial charge on any atom is -0.496 e. The van der Waals surface area contributed by atoms with Gasteiger partial charge in [-0.15, -0.1) is 11.3 Å². The number of nitrogens with zero attached hydrogens (tertiary/aromatic N) is 2. The van der Waals surface area contributed by atoms with Crippen LogP contribution in [0, 0.1) is 6.92 Å². The van der Waals surface area contributed by atoms with Gasteiger partial charge in [-0.25, -0.2) is 4.98 Å². The Balaban J connectivity index is 2.31. The summed E-state index contributed by atoms with van der Waals surface area (Å²) in [4.78, 5) is 5.16. The lowest BCUT2D eigenvalue weighted by atomic mass is 10.1. The van der Waals surface area contributed by atoms with Gasteiger partial charge in [0.15, 0.2) is 0 Å². The number of hydrogen-bond acceptors (Lipinski definition) is 4. The number of thiazole rings is 1. The van der Waals surface area contributed by atoms with Crippen LogP contribution in [0.3, 0.4) is 0 Å². The second-order valence-electron chi connectivity index (χ2n) is 4.11. The molecule has 2 N–H and O–H groups in total. The summed E-state index contributed by atoms with van der Waals surface area (Å²) in [6, 6.07) is 6.10. The Hall–Kier alpha value is -2.01. The second kappa shape index (κ2) is 4.03. The zero-order valence-corrected chi connectivity index (χ0v) is 11.0. The van der Waals surface area contributed by atoms with E-state index in [9.17, 15) is 0 Å². The monoisotopic (exact) mass is 259 g/mol. The number of rotatable bonds is 2. The Morgan fingerprint density at radius 2 is 2.22 bits per heavy atom. The van der Waals surface area contributed by atoms with Crippen molar-refractivity contribution in [3.63, 3.8) is 0 Å². The van der Waals surface area contributed by atoms with Crippen LogP contribution in [0.5, 0.6) is 5.75 Å². The summed E-state index contributed by atoms with van der Waals surface area (Å²) < 4.78 is 7.37. The number of benzene rings is 1. The van der Waals surface area contributed by atoms with Crippen molar-refractivity contribution in [3.8, 4) is 17.0 Å². The standard InChI is InChI=1S/C13H13N3OS/c1-8-3-4-11(17-2)9(5-8)10-7-18-12-6-15-13(14)16(10)12/h3-7H,1-2H3,(H2,14,15). The Kier molecular flexibility index (Phi) is 2.48. The van der Waals surface area contributed by atoms with Crippen molar-refractivity contribution in [3.05, 3.63) is 35.3 Å². The van der Waals surface area contributed by atoms with Gasteiger partial charge in [0.1, 0.15) is 10.6 Å². The number of hydrogen-bond donors (Lipinski definition) is 1. The lowest BCUT2D eigenvalue weighted by molar-refractivity contribution is 0.416. The molecule has 1 aromatic carbocycles. The summed E-state index contributed by atoms with van der Waals surface area (Å²) >= 11 is 1.62. The molecule has 0 bridgehead atoms. The van der Waals surface area contributed by atoms with Gasteiger partial charge in [-0.3, -0.25) is 4.40 Å². The highest BCUT2D eigenvalue weighted by molar-refractivity contribution is 7.16. The van der Waals surface area contributed by atoms with Crippen LogP contribution in [0.15, 0.2) is 29.8 Å². The highest BCUT2D eigenvalue weighted by atomic mass is 32.1. The number of imidazole rings is 1. The molecule has 0 amide bonds. The van der Waals surface area contributed by atoms with E-state index in [2.05, 4.69) is 23.4 Å². The van der Waals surface area contributed by atoms with Crippen LogP contribution in [-0.4, -0.2) is 16.5 Å². The summed E-state index contributed by atoms with van der Waals surface area (Å²) in [7, 11) is 1.68. The summed E-state index contributed by atoms with van der Waals surface area (Å²) in [6.45, 7) is 2.06. The van der Waals surface area contributed by atoms with Crippen LogP contribution in [0.2, 0.25) is 0 Å². The minimum atomic E-state index is 0.504. The normalized spacial score (nSPS) is 11.0. The van der Waals surface area contributed by atoms with E-state index >= 15 is 0 Å². The third kappa shape index (κ3) is 1.55. The number of fused-ring (bicyclic) bond motifs is 1. The molecule has 3 rings (SSSR count). The largest absolute Gasteiger partial charge is 0.496 e. The molecule has 0 aliphatic rings. The molecule has 0 radical (unpaired) electrons. The summed E-state index contributed by atoms with van der Waals surface area (Å²) in [5, 5.41) is 2.07. The molecule has 5 heteroatoms. The maximum Gasteiger partial charge on any atom is 0.206 e. The van der Waals surface area contributed by atoms with E-state index in [1.807, 2.05) is 16.5 Å². The molecule has 4 nitrogen and oxygen atoms in total. The average molecular weight is 259 g/mol. The molecule has 0 atom stereocenters. The lowest BCUT2D eigenvalue weighted by Crippen LogP contribution is -1.96. The second-order valence-corrected chi connectivity index (χ2v) is 5.00. The molecule has 3 aromatic rings. The number of methoxy groups -OCH3 is 1. The summed E-state index contributed by atoms with van der Waals surface area (Å²) in [5.74, 6) is 1.35. The lowest BCUT2D eigenvalue weighted by Gasteiger charge is -2.09. The fraction of sp³-hybridized carbons (Fsp3) is 0.154. The molecule has 18 heavy (non-hydrogen) atoms. The predicted octanol–water partition coefficient (Wildman–Crippen LogP) is 2.96. The minimum absolute atomic E-state index is 0.504. The van der Waals surface area contributed by atoms with E-state index in [4.69, 9.17) is 10.5 Å². The summed E-state index contributed by atoms with van der Waals surface area (Å²) in [6.07, 6.45) is 1.78. The molecular weight excluding hydrogens is 246 g/mol.